The van der Waals surface area contributed by atoms with E-state index in [9.17, 15) is 4.79 Å². The molecule has 0 aliphatic carbocycles. The summed E-state index contributed by atoms with van der Waals surface area (Å²) in [5.41, 5.74) is 6.02. The van der Waals surface area contributed by atoms with Gasteiger partial charge in [-0.3, -0.25) is 4.79 Å². The van der Waals surface area contributed by atoms with Crippen molar-refractivity contribution in [1.29, 1.82) is 0 Å². The number of aromatic nitrogens is 2. The molecule has 0 bridgehead atoms. The third-order valence-electron chi connectivity index (χ3n) is 1.91. The molecule has 1 heterocycles. The molecule has 4 N–H and O–H groups in total. The number of methoxy groups -OCH3 is 1. The predicted octanol–water partition coefficient (Wildman–Crippen LogP) is 0.00390. The van der Waals surface area contributed by atoms with E-state index >= 15 is 0 Å². The number of anilines is 2. The molecule has 0 aliphatic heterocycles. The van der Waals surface area contributed by atoms with Gasteiger partial charge in [0.05, 0.1) is 13.7 Å². The van der Waals surface area contributed by atoms with E-state index < -0.39 is 0 Å². The van der Waals surface area contributed by atoms with Gasteiger partial charge >= 0.3 is 0 Å². The largest absolute Gasteiger partial charge is 0.479 e. The molecular formula is C10H17N5O2. The van der Waals surface area contributed by atoms with Crippen LogP contribution in [-0.4, -0.2) is 35.6 Å². The smallest absolute Gasteiger partial charge is 0.242 e. The van der Waals surface area contributed by atoms with E-state index in [1.54, 1.807) is 0 Å². The molecule has 0 unspecified atom stereocenters. The number of nitrogens with two attached hydrogens (primary N) is 1. The molecule has 1 rings (SSSR count). The number of carbonyl (C=O) groups excluding carboxylic acids is 1. The van der Waals surface area contributed by atoms with E-state index in [0.717, 1.165) is 0 Å². The van der Waals surface area contributed by atoms with Crippen molar-refractivity contribution in [3.8, 4) is 5.88 Å². The van der Waals surface area contributed by atoms with Gasteiger partial charge in [-0.15, -0.1) is 0 Å². The molecule has 0 spiro atoms. The third kappa shape index (κ3) is 3.78. The molecule has 0 fully saturated rings. The normalized spacial score (nSPS) is 10.1. The highest BCUT2D eigenvalue weighted by Crippen LogP contribution is 2.23. The van der Waals surface area contributed by atoms with Crippen molar-refractivity contribution in [3.05, 3.63) is 6.33 Å². The van der Waals surface area contributed by atoms with Gasteiger partial charge in [-0.25, -0.2) is 4.98 Å². The Bertz CT molecular complexity index is 394. The quantitative estimate of drug-likeness (QED) is 0.668. The number of rotatable bonds is 5. The highest BCUT2D eigenvalue weighted by atomic mass is 16.5. The summed E-state index contributed by atoms with van der Waals surface area (Å²) in [5.74, 6) is 0.541. The first-order valence-electron chi connectivity index (χ1n) is 5.22. The monoisotopic (exact) mass is 239 g/mol. The van der Waals surface area contributed by atoms with Crippen molar-refractivity contribution >= 4 is 17.4 Å². The maximum Gasteiger partial charge on any atom is 0.242 e. The molecule has 7 nitrogen and oxygen atoms in total. The summed E-state index contributed by atoms with van der Waals surface area (Å²) in [6.45, 7) is 3.88. The number of carbonyl (C=O) groups is 1. The summed E-state index contributed by atoms with van der Waals surface area (Å²) >= 11 is 0. The maximum absolute atomic E-state index is 11.4. The van der Waals surface area contributed by atoms with Crippen LogP contribution in [0.15, 0.2) is 6.33 Å². The van der Waals surface area contributed by atoms with E-state index in [-0.39, 0.29) is 30.1 Å². The fourth-order valence-electron chi connectivity index (χ4n) is 1.22. The number of hydrogen-bond donors (Lipinski definition) is 3. The second kappa shape index (κ2) is 5.88. The summed E-state index contributed by atoms with van der Waals surface area (Å²) < 4.78 is 4.94. The van der Waals surface area contributed by atoms with E-state index in [1.807, 2.05) is 13.8 Å². The van der Waals surface area contributed by atoms with Crippen LogP contribution in [0.5, 0.6) is 5.88 Å². The lowest BCUT2D eigenvalue weighted by molar-refractivity contribution is -0.119. The highest BCUT2D eigenvalue weighted by Gasteiger charge is 2.09. The number of nitrogen functional groups attached to an aromatic ring is 1. The molecule has 0 atom stereocenters. The molecule has 0 saturated carbocycles. The van der Waals surface area contributed by atoms with Crippen LogP contribution in [0.2, 0.25) is 0 Å². The van der Waals surface area contributed by atoms with Crippen LogP contribution in [0.3, 0.4) is 0 Å². The van der Waals surface area contributed by atoms with Gasteiger partial charge in [0.2, 0.25) is 11.8 Å². The molecule has 94 valence electrons. The molecule has 1 aromatic heterocycles. The first-order chi connectivity index (χ1) is 8.04. The fraction of sp³-hybridized carbons (Fsp3) is 0.500. The number of amides is 1. The van der Waals surface area contributed by atoms with Gasteiger partial charge in [0.25, 0.3) is 0 Å². The second-order valence-electron chi connectivity index (χ2n) is 3.72. The first kappa shape index (κ1) is 13.0. The van der Waals surface area contributed by atoms with Crippen LogP contribution >= 0.6 is 0 Å². The Morgan fingerprint density at radius 3 is 2.82 bits per heavy atom. The molecule has 0 saturated heterocycles. The van der Waals surface area contributed by atoms with E-state index in [2.05, 4.69) is 20.6 Å². The Morgan fingerprint density at radius 2 is 2.24 bits per heavy atom. The van der Waals surface area contributed by atoms with E-state index in [1.165, 1.54) is 13.4 Å². The summed E-state index contributed by atoms with van der Waals surface area (Å²) in [4.78, 5) is 19.2. The number of ether oxygens (including phenoxy) is 1. The second-order valence-corrected chi connectivity index (χ2v) is 3.72. The first-order valence-corrected chi connectivity index (χ1v) is 5.22. The van der Waals surface area contributed by atoms with Crippen molar-refractivity contribution in [2.24, 2.45) is 0 Å². The van der Waals surface area contributed by atoms with Crippen molar-refractivity contribution < 1.29 is 9.53 Å². The van der Waals surface area contributed by atoms with Gasteiger partial charge in [0, 0.05) is 6.04 Å². The predicted molar refractivity (Wildman–Crippen MR) is 64.8 cm³/mol. The lowest BCUT2D eigenvalue weighted by Crippen LogP contribution is -2.35. The summed E-state index contributed by atoms with van der Waals surface area (Å²) in [5, 5.41) is 5.57. The summed E-state index contributed by atoms with van der Waals surface area (Å²) in [7, 11) is 1.47. The zero-order chi connectivity index (χ0) is 12.8. The zero-order valence-corrected chi connectivity index (χ0v) is 10.2. The minimum Gasteiger partial charge on any atom is -0.479 e. The van der Waals surface area contributed by atoms with Crippen molar-refractivity contribution in [2.45, 2.75) is 19.9 Å². The molecule has 0 radical (unpaired) electrons. The number of nitrogens with one attached hydrogen (secondary N) is 2. The molecule has 1 aromatic rings. The third-order valence-corrected chi connectivity index (χ3v) is 1.91. The molecule has 0 aromatic carbocycles. The fourth-order valence-corrected chi connectivity index (χ4v) is 1.22. The van der Waals surface area contributed by atoms with Gasteiger partial charge < -0.3 is 21.1 Å². The van der Waals surface area contributed by atoms with Crippen molar-refractivity contribution in [2.75, 3.05) is 24.7 Å². The van der Waals surface area contributed by atoms with Gasteiger partial charge in [-0.1, -0.05) is 0 Å². The highest BCUT2D eigenvalue weighted by molar-refractivity contribution is 5.82. The molecule has 1 amide bonds. The number of hydrogen-bond acceptors (Lipinski definition) is 6. The van der Waals surface area contributed by atoms with E-state index in [0.29, 0.717) is 5.82 Å². The Morgan fingerprint density at radius 1 is 1.53 bits per heavy atom. The van der Waals surface area contributed by atoms with Crippen molar-refractivity contribution in [1.82, 2.24) is 15.3 Å². The summed E-state index contributed by atoms with van der Waals surface area (Å²) in [6, 6.07) is 0.0987. The zero-order valence-electron chi connectivity index (χ0n) is 10.2. The van der Waals surface area contributed by atoms with Gasteiger partial charge in [-0.2, -0.15) is 4.98 Å². The van der Waals surface area contributed by atoms with E-state index in [4.69, 9.17) is 10.5 Å². The maximum atomic E-state index is 11.4. The minimum atomic E-state index is -0.128. The summed E-state index contributed by atoms with van der Waals surface area (Å²) in [6.07, 6.45) is 1.32. The van der Waals surface area contributed by atoms with Crippen LogP contribution in [0, 0.1) is 0 Å². The molecular weight excluding hydrogens is 222 g/mol. The Hall–Kier alpha value is -2.05. The average molecular weight is 239 g/mol. The lowest BCUT2D eigenvalue weighted by atomic mass is 10.4. The Labute approximate surface area is 99.8 Å². The van der Waals surface area contributed by atoms with Gasteiger partial charge in [0.1, 0.15) is 12.0 Å². The standard InChI is InChI=1S/C10H17N5O2/c1-6(2)15-7(16)4-12-9-8(11)10(17-3)14-5-13-9/h5-6H,4,11H2,1-3H3,(H,15,16)(H,12,13,14). The van der Waals surface area contributed by atoms with Gasteiger partial charge in [0.15, 0.2) is 5.82 Å². The molecule has 17 heavy (non-hydrogen) atoms. The van der Waals surface area contributed by atoms with Crippen LogP contribution in [0.4, 0.5) is 11.5 Å². The van der Waals surface area contributed by atoms with Gasteiger partial charge in [-0.05, 0) is 13.8 Å². The average Bonchev–Trinajstić information content (AvgIpc) is 2.27. The molecule has 7 heteroatoms. The topological polar surface area (TPSA) is 102 Å². The number of nitrogens with zero attached hydrogens (tertiary/aromatic N) is 2. The van der Waals surface area contributed by atoms with Crippen molar-refractivity contribution in [3.63, 3.8) is 0 Å². The van der Waals surface area contributed by atoms with Crippen LogP contribution in [0.1, 0.15) is 13.8 Å². The van der Waals surface area contributed by atoms with Crippen LogP contribution in [-0.2, 0) is 4.79 Å². The minimum absolute atomic E-state index is 0.0987. The molecule has 0 aliphatic rings. The van der Waals surface area contributed by atoms with Crippen LogP contribution in [0.25, 0.3) is 0 Å². The SMILES string of the molecule is COc1ncnc(NCC(=O)NC(C)C)c1N. The lowest BCUT2D eigenvalue weighted by Gasteiger charge is -2.11. The Kier molecular flexibility index (Phi) is 4.50. The Balaban J connectivity index is 2.60. The van der Waals surface area contributed by atoms with Crippen LogP contribution < -0.4 is 21.1 Å².